The van der Waals surface area contributed by atoms with Crippen LogP contribution in [0.5, 0.6) is 0 Å². The molecule has 1 atom stereocenters. The first kappa shape index (κ1) is 16.4. The van der Waals surface area contributed by atoms with Crippen molar-refractivity contribution in [2.24, 2.45) is 11.7 Å². The first-order valence-electron chi connectivity index (χ1n) is 7.05. The molecule has 1 unspecified atom stereocenters. The molecule has 1 saturated heterocycles. The van der Waals surface area contributed by atoms with Crippen LogP contribution in [0.2, 0.25) is 0 Å². The van der Waals surface area contributed by atoms with Crippen LogP contribution in [-0.2, 0) is 13.0 Å². The number of piperidine rings is 1. The number of nitrogens with zero attached hydrogens (tertiary/aromatic N) is 3. The summed E-state index contributed by atoms with van der Waals surface area (Å²) in [7, 11) is 0. The Morgan fingerprint density at radius 1 is 1.47 bits per heavy atom. The third-order valence-corrected chi connectivity index (χ3v) is 3.52. The Balaban J connectivity index is 0.00000180. The van der Waals surface area contributed by atoms with Crippen molar-refractivity contribution in [3.05, 3.63) is 11.7 Å². The van der Waals surface area contributed by atoms with Crippen LogP contribution in [0.3, 0.4) is 0 Å². The van der Waals surface area contributed by atoms with Gasteiger partial charge in [-0.25, -0.2) is 0 Å². The SMILES string of the molecule is CCCc1noc(CN2CCCC(CCN)C2)n1.Cl. The summed E-state index contributed by atoms with van der Waals surface area (Å²) in [6.07, 6.45) is 5.64. The van der Waals surface area contributed by atoms with Gasteiger partial charge in [-0.1, -0.05) is 12.1 Å². The van der Waals surface area contributed by atoms with Gasteiger partial charge in [0.25, 0.3) is 0 Å². The minimum atomic E-state index is 0. The standard InChI is InChI=1S/C13H24N4O.ClH/c1-2-4-12-15-13(18-16-12)10-17-8-3-5-11(9-17)6-7-14;/h11H,2-10,14H2,1H3;1H. The zero-order valence-electron chi connectivity index (χ0n) is 11.7. The number of aryl methyl sites for hydroxylation is 1. The van der Waals surface area contributed by atoms with Gasteiger partial charge < -0.3 is 10.3 Å². The van der Waals surface area contributed by atoms with Crippen LogP contribution in [0, 0.1) is 5.92 Å². The molecule has 0 aliphatic carbocycles. The molecule has 0 radical (unpaired) electrons. The van der Waals surface area contributed by atoms with E-state index in [0.717, 1.165) is 63.1 Å². The van der Waals surface area contributed by atoms with E-state index >= 15 is 0 Å². The van der Waals surface area contributed by atoms with Gasteiger partial charge in [0, 0.05) is 13.0 Å². The number of nitrogens with two attached hydrogens (primary N) is 1. The monoisotopic (exact) mass is 288 g/mol. The molecule has 1 aromatic heterocycles. The Labute approximate surface area is 121 Å². The van der Waals surface area contributed by atoms with Gasteiger partial charge in [-0.15, -0.1) is 12.4 Å². The van der Waals surface area contributed by atoms with Crippen LogP contribution >= 0.6 is 12.4 Å². The fourth-order valence-corrected chi connectivity index (χ4v) is 2.64. The maximum absolute atomic E-state index is 5.63. The van der Waals surface area contributed by atoms with Crippen LogP contribution in [0.4, 0.5) is 0 Å². The van der Waals surface area contributed by atoms with Gasteiger partial charge in [0.05, 0.1) is 6.54 Å². The highest BCUT2D eigenvalue weighted by Gasteiger charge is 2.21. The highest BCUT2D eigenvalue weighted by atomic mass is 35.5. The van der Waals surface area contributed by atoms with Crippen LogP contribution < -0.4 is 5.73 Å². The van der Waals surface area contributed by atoms with Gasteiger partial charge in [-0.3, -0.25) is 4.90 Å². The van der Waals surface area contributed by atoms with Crippen molar-refractivity contribution < 1.29 is 4.52 Å². The van der Waals surface area contributed by atoms with E-state index in [4.69, 9.17) is 10.3 Å². The lowest BCUT2D eigenvalue weighted by Crippen LogP contribution is -2.35. The third kappa shape index (κ3) is 5.09. The molecule has 1 fully saturated rings. The normalized spacial score (nSPS) is 20.2. The Hall–Kier alpha value is -0.650. The lowest BCUT2D eigenvalue weighted by atomic mass is 9.95. The summed E-state index contributed by atoms with van der Waals surface area (Å²) in [6.45, 7) is 5.95. The minimum Gasteiger partial charge on any atom is -0.338 e. The van der Waals surface area contributed by atoms with E-state index < -0.39 is 0 Å². The molecule has 2 rings (SSSR count). The number of likely N-dealkylation sites (tertiary alicyclic amines) is 1. The van der Waals surface area contributed by atoms with E-state index in [2.05, 4.69) is 22.0 Å². The Morgan fingerprint density at radius 2 is 2.32 bits per heavy atom. The average Bonchev–Trinajstić information content (AvgIpc) is 2.78. The summed E-state index contributed by atoms with van der Waals surface area (Å²) in [5.74, 6) is 2.33. The quantitative estimate of drug-likeness (QED) is 0.867. The lowest BCUT2D eigenvalue weighted by Gasteiger charge is -2.31. The summed E-state index contributed by atoms with van der Waals surface area (Å²) in [6, 6.07) is 0. The summed E-state index contributed by atoms with van der Waals surface area (Å²) >= 11 is 0. The predicted molar refractivity (Wildman–Crippen MR) is 77.2 cm³/mol. The number of hydrogen-bond donors (Lipinski definition) is 1. The highest BCUT2D eigenvalue weighted by Crippen LogP contribution is 2.20. The second-order valence-corrected chi connectivity index (χ2v) is 5.18. The highest BCUT2D eigenvalue weighted by molar-refractivity contribution is 5.85. The Bertz CT molecular complexity index is 356. The van der Waals surface area contributed by atoms with Crippen molar-refractivity contribution in [2.45, 2.75) is 45.6 Å². The largest absolute Gasteiger partial charge is 0.338 e. The molecular weight excluding hydrogens is 264 g/mol. The van der Waals surface area contributed by atoms with E-state index in [1.165, 1.54) is 12.8 Å². The maximum atomic E-state index is 5.63. The van der Waals surface area contributed by atoms with E-state index in [1.807, 2.05) is 0 Å². The fourth-order valence-electron chi connectivity index (χ4n) is 2.64. The second kappa shape index (κ2) is 8.51. The van der Waals surface area contributed by atoms with Gasteiger partial charge >= 0.3 is 0 Å². The van der Waals surface area contributed by atoms with Gasteiger partial charge in [0.2, 0.25) is 5.89 Å². The second-order valence-electron chi connectivity index (χ2n) is 5.18. The van der Waals surface area contributed by atoms with Gasteiger partial charge in [0.1, 0.15) is 0 Å². The summed E-state index contributed by atoms with van der Waals surface area (Å²) in [4.78, 5) is 6.83. The molecule has 2 N–H and O–H groups in total. The molecule has 1 aromatic rings. The number of hydrogen-bond acceptors (Lipinski definition) is 5. The minimum absolute atomic E-state index is 0. The van der Waals surface area contributed by atoms with Gasteiger partial charge in [-0.2, -0.15) is 4.98 Å². The molecule has 5 nitrogen and oxygen atoms in total. The van der Waals surface area contributed by atoms with Crippen LogP contribution in [0.15, 0.2) is 4.52 Å². The molecule has 0 amide bonds. The van der Waals surface area contributed by atoms with Crippen molar-refractivity contribution >= 4 is 12.4 Å². The van der Waals surface area contributed by atoms with Crippen molar-refractivity contribution in [1.82, 2.24) is 15.0 Å². The van der Waals surface area contributed by atoms with E-state index in [-0.39, 0.29) is 12.4 Å². The topological polar surface area (TPSA) is 68.2 Å². The van der Waals surface area contributed by atoms with Crippen molar-refractivity contribution in [3.8, 4) is 0 Å². The first-order valence-corrected chi connectivity index (χ1v) is 7.05. The zero-order valence-corrected chi connectivity index (χ0v) is 12.5. The molecule has 6 heteroatoms. The molecule has 19 heavy (non-hydrogen) atoms. The molecule has 110 valence electrons. The van der Waals surface area contributed by atoms with E-state index in [9.17, 15) is 0 Å². The maximum Gasteiger partial charge on any atom is 0.240 e. The number of halogens is 1. The Morgan fingerprint density at radius 3 is 3.05 bits per heavy atom. The van der Waals surface area contributed by atoms with Crippen LogP contribution in [-0.4, -0.2) is 34.7 Å². The molecule has 2 heterocycles. The first-order chi connectivity index (χ1) is 8.81. The van der Waals surface area contributed by atoms with Crippen molar-refractivity contribution in [2.75, 3.05) is 19.6 Å². The smallest absolute Gasteiger partial charge is 0.240 e. The predicted octanol–water partition coefficient (Wildman–Crippen LogP) is 2.00. The van der Waals surface area contributed by atoms with Crippen LogP contribution in [0.25, 0.3) is 0 Å². The molecule has 1 aliphatic heterocycles. The van der Waals surface area contributed by atoms with Crippen molar-refractivity contribution in [3.63, 3.8) is 0 Å². The molecule has 0 saturated carbocycles. The molecule has 1 aliphatic rings. The van der Waals surface area contributed by atoms with Crippen LogP contribution in [0.1, 0.15) is 44.3 Å². The van der Waals surface area contributed by atoms with Crippen molar-refractivity contribution in [1.29, 1.82) is 0 Å². The number of aromatic nitrogens is 2. The molecular formula is C13H25ClN4O. The zero-order chi connectivity index (χ0) is 12.8. The van der Waals surface area contributed by atoms with Gasteiger partial charge in [-0.05, 0) is 44.7 Å². The van der Waals surface area contributed by atoms with E-state index in [0.29, 0.717) is 0 Å². The fraction of sp³-hybridized carbons (Fsp3) is 0.846. The summed E-state index contributed by atoms with van der Waals surface area (Å²) in [5, 5.41) is 3.99. The Kier molecular flexibility index (Phi) is 7.34. The molecule has 0 aromatic carbocycles. The average molecular weight is 289 g/mol. The number of rotatable bonds is 6. The molecule has 0 bridgehead atoms. The van der Waals surface area contributed by atoms with E-state index in [1.54, 1.807) is 0 Å². The van der Waals surface area contributed by atoms with Gasteiger partial charge in [0.15, 0.2) is 5.82 Å². The third-order valence-electron chi connectivity index (χ3n) is 3.52. The lowest BCUT2D eigenvalue weighted by molar-refractivity contribution is 0.146. The summed E-state index contributed by atoms with van der Waals surface area (Å²) < 4.78 is 5.29. The summed E-state index contributed by atoms with van der Waals surface area (Å²) in [5.41, 5.74) is 5.63. The molecule has 0 spiro atoms.